The molecule has 1 unspecified atom stereocenters. The molecule has 1 aliphatic heterocycles. The van der Waals surface area contributed by atoms with Gasteiger partial charge in [-0.05, 0) is 55.0 Å². The number of benzene rings is 3. The topological polar surface area (TPSA) is 59.9 Å². The minimum absolute atomic E-state index is 0.0473. The van der Waals surface area contributed by atoms with Gasteiger partial charge in [-0.2, -0.15) is 13.2 Å². The molecule has 0 aromatic heterocycles. The lowest BCUT2D eigenvalue weighted by Gasteiger charge is -2.29. The molecular formula is C25H19Cl2F3N2O3. The summed E-state index contributed by atoms with van der Waals surface area (Å²) in [5.74, 6) is 0.122. The molecule has 1 atom stereocenters. The van der Waals surface area contributed by atoms with E-state index in [2.05, 4.69) is 10.5 Å². The van der Waals surface area contributed by atoms with E-state index in [4.69, 9.17) is 32.8 Å². The van der Waals surface area contributed by atoms with Crippen molar-refractivity contribution >= 4 is 40.5 Å². The number of oxime groups is 1. The van der Waals surface area contributed by atoms with Crippen LogP contribution in [0.5, 0.6) is 5.75 Å². The summed E-state index contributed by atoms with van der Waals surface area (Å²) in [7, 11) is 1.49. The van der Waals surface area contributed by atoms with Crippen LogP contribution in [0.2, 0.25) is 10.0 Å². The molecule has 1 aliphatic rings. The zero-order valence-electron chi connectivity index (χ0n) is 18.5. The normalized spacial score (nSPS) is 17.5. The summed E-state index contributed by atoms with van der Waals surface area (Å²) in [6, 6.07) is 15.1. The highest BCUT2D eigenvalue weighted by atomic mass is 35.5. The van der Waals surface area contributed by atoms with Crippen LogP contribution in [0.3, 0.4) is 0 Å². The van der Waals surface area contributed by atoms with Crippen molar-refractivity contribution in [2.75, 3.05) is 12.4 Å². The first kappa shape index (κ1) is 24.9. The van der Waals surface area contributed by atoms with E-state index < -0.39 is 24.1 Å². The van der Waals surface area contributed by atoms with Gasteiger partial charge in [-0.3, -0.25) is 4.79 Å². The summed E-state index contributed by atoms with van der Waals surface area (Å²) in [5.41, 5.74) is -1.05. The summed E-state index contributed by atoms with van der Waals surface area (Å²) < 4.78 is 47.9. The van der Waals surface area contributed by atoms with Crippen molar-refractivity contribution in [3.63, 3.8) is 0 Å². The highest BCUT2D eigenvalue weighted by Gasteiger charge is 2.62. The summed E-state index contributed by atoms with van der Waals surface area (Å²) in [6.07, 6.45) is -5.40. The Labute approximate surface area is 209 Å². The number of carbonyl (C=O) groups excluding carboxylic acids is 1. The molecule has 1 N–H and O–H groups in total. The van der Waals surface area contributed by atoms with Gasteiger partial charge < -0.3 is 14.9 Å². The predicted octanol–water partition coefficient (Wildman–Crippen LogP) is 7.14. The molecule has 0 bridgehead atoms. The molecule has 0 fully saturated rings. The fourth-order valence-electron chi connectivity index (χ4n) is 3.74. The molecule has 0 spiro atoms. The quantitative estimate of drug-likeness (QED) is 0.387. The van der Waals surface area contributed by atoms with Crippen molar-refractivity contribution in [2.24, 2.45) is 5.16 Å². The van der Waals surface area contributed by atoms with Crippen LogP contribution in [0.4, 0.5) is 18.9 Å². The molecule has 3 aromatic rings. The maximum absolute atomic E-state index is 14.3. The third-order valence-corrected chi connectivity index (χ3v) is 6.10. The van der Waals surface area contributed by atoms with Gasteiger partial charge in [-0.1, -0.05) is 46.6 Å². The first-order valence-corrected chi connectivity index (χ1v) is 11.1. The summed E-state index contributed by atoms with van der Waals surface area (Å²) in [6.45, 7) is 1.77. The van der Waals surface area contributed by atoms with Crippen molar-refractivity contribution in [3.8, 4) is 5.75 Å². The molecule has 1 heterocycles. The van der Waals surface area contributed by atoms with Crippen LogP contribution in [0.15, 0.2) is 65.8 Å². The molecule has 0 aliphatic carbocycles. The third-order valence-electron chi connectivity index (χ3n) is 5.67. The van der Waals surface area contributed by atoms with Gasteiger partial charge in [0.25, 0.3) is 11.5 Å². The molecule has 4 rings (SSSR count). The Morgan fingerprint density at radius 3 is 2.46 bits per heavy atom. The molecule has 0 radical (unpaired) electrons. The summed E-state index contributed by atoms with van der Waals surface area (Å²) >= 11 is 11.9. The zero-order valence-corrected chi connectivity index (χ0v) is 20.1. The predicted molar refractivity (Wildman–Crippen MR) is 129 cm³/mol. The van der Waals surface area contributed by atoms with Gasteiger partial charge in [-0.15, -0.1) is 0 Å². The first-order chi connectivity index (χ1) is 16.5. The molecule has 3 aromatic carbocycles. The summed E-state index contributed by atoms with van der Waals surface area (Å²) in [4.78, 5) is 17.8. The van der Waals surface area contributed by atoms with Gasteiger partial charge in [0.1, 0.15) is 5.75 Å². The molecule has 0 saturated carbocycles. The van der Waals surface area contributed by atoms with Crippen molar-refractivity contribution in [3.05, 3.63) is 93.0 Å². The lowest BCUT2D eigenvalue weighted by atomic mass is 9.86. The SMILES string of the molecule is COc1cccc(C(=O)Nc2cc(C3=NOC(c4cc(Cl)cc(Cl)c4)(C(F)(F)F)C3)ccc2C)c1. The van der Waals surface area contributed by atoms with E-state index in [1.807, 2.05) is 0 Å². The Morgan fingerprint density at radius 2 is 1.80 bits per heavy atom. The Kier molecular flexibility index (Phi) is 6.71. The number of rotatable bonds is 5. The number of halogens is 5. The van der Waals surface area contributed by atoms with E-state index in [1.165, 1.54) is 13.2 Å². The Hall–Kier alpha value is -3.23. The molecule has 1 amide bonds. The van der Waals surface area contributed by atoms with E-state index in [9.17, 15) is 18.0 Å². The number of methoxy groups -OCH3 is 1. The number of hydrogen-bond acceptors (Lipinski definition) is 4. The number of nitrogens with zero attached hydrogens (tertiary/aromatic N) is 1. The number of nitrogens with one attached hydrogen (secondary N) is 1. The first-order valence-electron chi connectivity index (χ1n) is 10.4. The molecule has 10 heteroatoms. The maximum Gasteiger partial charge on any atom is 0.435 e. The van der Waals surface area contributed by atoms with Crippen molar-refractivity contribution in [1.29, 1.82) is 0 Å². The average Bonchev–Trinajstić information content (AvgIpc) is 3.27. The largest absolute Gasteiger partial charge is 0.497 e. The smallest absolute Gasteiger partial charge is 0.435 e. The summed E-state index contributed by atoms with van der Waals surface area (Å²) in [5, 5.41) is 6.66. The van der Waals surface area contributed by atoms with Gasteiger partial charge in [0, 0.05) is 38.8 Å². The standard InChI is InChI=1S/C25H19Cl2F3N2O3/c1-14-6-7-15(9-21(14)31-23(33)16-4-3-5-20(8-16)34-2)22-13-24(35-32-22,25(28,29)30)17-10-18(26)12-19(27)11-17/h3-12H,13H2,1-2H3,(H,31,33). The third kappa shape index (κ3) is 4.94. The number of ether oxygens (including phenoxy) is 1. The fraction of sp³-hybridized carbons (Fsp3) is 0.200. The van der Waals surface area contributed by atoms with E-state index in [0.717, 1.165) is 12.1 Å². The van der Waals surface area contributed by atoms with Crippen LogP contribution in [0, 0.1) is 6.92 Å². The van der Waals surface area contributed by atoms with Gasteiger partial charge in [-0.25, -0.2) is 0 Å². The van der Waals surface area contributed by atoms with Crippen LogP contribution >= 0.6 is 23.2 Å². The highest BCUT2D eigenvalue weighted by Crippen LogP contribution is 2.49. The minimum atomic E-state index is -4.81. The second-order valence-corrected chi connectivity index (χ2v) is 8.88. The number of hydrogen-bond donors (Lipinski definition) is 1. The van der Waals surface area contributed by atoms with E-state index in [1.54, 1.807) is 49.4 Å². The van der Waals surface area contributed by atoms with Crippen LogP contribution in [-0.4, -0.2) is 24.9 Å². The van der Waals surface area contributed by atoms with Crippen LogP contribution in [0.25, 0.3) is 0 Å². The molecular weight excluding hydrogens is 504 g/mol. The number of carbonyl (C=O) groups is 1. The Morgan fingerprint density at radius 1 is 1.09 bits per heavy atom. The van der Waals surface area contributed by atoms with Crippen molar-refractivity contribution in [1.82, 2.24) is 0 Å². The Bertz CT molecular complexity index is 1310. The van der Waals surface area contributed by atoms with Gasteiger partial charge in [0.2, 0.25) is 0 Å². The number of alkyl halides is 3. The number of aryl methyl sites for hydroxylation is 1. The maximum atomic E-state index is 14.3. The molecule has 182 valence electrons. The minimum Gasteiger partial charge on any atom is -0.497 e. The van der Waals surface area contributed by atoms with Crippen LogP contribution in [-0.2, 0) is 10.4 Å². The van der Waals surface area contributed by atoms with E-state index >= 15 is 0 Å². The highest BCUT2D eigenvalue weighted by molar-refractivity contribution is 6.34. The monoisotopic (exact) mass is 522 g/mol. The number of anilines is 1. The molecule has 5 nitrogen and oxygen atoms in total. The van der Waals surface area contributed by atoms with Gasteiger partial charge >= 0.3 is 6.18 Å². The van der Waals surface area contributed by atoms with E-state index in [-0.39, 0.29) is 21.3 Å². The lowest BCUT2D eigenvalue weighted by Crippen LogP contribution is -2.42. The van der Waals surface area contributed by atoms with Crippen molar-refractivity contribution < 1.29 is 27.5 Å². The fourth-order valence-corrected chi connectivity index (χ4v) is 4.27. The second kappa shape index (κ2) is 9.43. The van der Waals surface area contributed by atoms with E-state index in [0.29, 0.717) is 28.1 Å². The molecule has 0 saturated heterocycles. The van der Waals surface area contributed by atoms with Crippen molar-refractivity contribution in [2.45, 2.75) is 25.1 Å². The van der Waals surface area contributed by atoms with Gasteiger partial charge in [0.15, 0.2) is 0 Å². The molecule has 35 heavy (non-hydrogen) atoms. The number of amides is 1. The Balaban J connectivity index is 1.63. The average molecular weight is 523 g/mol. The lowest BCUT2D eigenvalue weighted by molar-refractivity contribution is -0.275. The zero-order chi connectivity index (χ0) is 25.4. The van der Waals surface area contributed by atoms with Crippen LogP contribution in [0.1, 0.15) is 33.5 Å². The van der Waals surface area contributed by atoms with Crippen LogP contribution < -0.4 is 10.1 Å². The second-order valence-electron chi connectivity index (χ2n) is 8.00. The van der Waals surface area contributed by atoms with Gasteiger partial charge in [0.05, 0.1) is 12.8 Å².